The fourth-order valence-electron chi connectivity index (χ4n) is 2.29. The second-order valence-electron chi connectivity index (χ2n) is 4.23. The molecule has 1 aliphatic rings. The second-order valence-corrected chi connectivity index (χ2v) is 5.08. The maximum atomic E-state index is 12.3. The number of fused-ring (bicyclic) bond motifs is 1. The summed E-state index contributed by atoms with van der Waals surface area (Å²) in [5.74, 6) is 0.0839. The molecule has 88 valence electrons. The van der Waals surface area contributed by atoms with Crippen LogP contribution in [0.15, 0.2) is 28.9 Å². The van der Waals surface area contributed by atoms with E-state index in [2.05, 4.69) is 20.9 Å². The quantitative estimate of drug-likeness (QED) is 0.864. The van der Waals surface area contributed by atoms with Gasteiger partial charge >= 0.3 is 0 Å². The first-order valence-corrected chi connectivity index (χ1v) is 6.48. The van der Waals surface area contributed by atoms with Gasteiger partial charge in [0.15, 0.2) is 5.78 Å². The van der Waals surface area contributed by atoms with Gasteiger partial charge in [0.25, 0.3) is 0 Å². The van der Waals surface area contributed by atoms with E-state index in [4.69, 9.17) is 4.74 Å². The number of rotatable bonds is 2. The number of hydrogen-bond donors (Lipinski definition) is 1. The standard InChI is InChI=1S/C13H12BrNO2/c14-9-3-1-4-10-12(9)8(7-15-10)13(16)11-5-2-6-17-11/h1,3-4,7,11,15H,2,5-6H2. The molecule has 1 fully saturated rings. The van der Waals surface area contributed by atoms with Gasteiger partial charge in [-0.2, -0.15) is 0 Å². The SMILES string of the molecule is O=C(c1c[nH]c2cccc(Br)c12)C1CCCO1. The van der Waals surface area contributed by atoms with Gasteiger partial charge in [0.1, 0.15) is 6.10 Å². The Morgan fingerprint density at radius 2 is 2.35 bits per heavy atom. The minimum absolute atomic E-state index is 0.0839. The Bertz CT molecular complexity index is 570. The molecule has 3 nitrogen and oxygen atoms in total. The predicted octanol–water partition coefficient (Wildman–Crippen LogP) is 3.29. The van der Waals surface area contributed by atoms with E-state index < -0.39 is 0 Å². The van der Waals surface area contributed by atoms with Crippen molar-refractivity contribution in [3.63, 3.8) is 0 Å². The van der Waals surface area contributed by atoms with Crippen LogP contribution in [-0.4, -0.2) is 23.5 Å². The Morgan fingerprint density at radius 1 is 1.47 bits per heavy atom. The molecule has 4 heteroatoms. The van der Waals surface area contributed by atoms with Crippen molar-refractivity contribution in [3.05, 3.63) is 34.4 Å². The van der Waals surface area contributed by atoms with Crippen molar-refractivity contribution < 1.29 is 9.53 Å². The first-order valence-electron chi connectivity index (χ1n) is 5.69. The smallest absolute Gasteiger partial charge is 0.193 e. The maximum Gasteiger partial charge on any atom is 0.193 e. The largest absolute Gasteiger partial charge is 0.370 e. The van der Waals surface area contributed by atoms with Crippen molar-refractivity contribution in [3.8, 4) is 0 Å². The van der Waals surface area contributed by atoms with E-state index in [0.29, 0.717) is 6.61 Å². The van der Waals surface area contributed by atoms with Gasteiger partial charge < -0.3 is 9.72 Å². The summed E-state index contributed by atoms with van der Waals surface area (Å²) in [6.07, 6.45) is 3.32. The Balaban J connectivity index is 2.08. The fourth-order valence-corrected chi connectivity index (χ4v) is 2.87. The topological polar surface area (TPSA) is 42.1 Å². The van der Waals surface area contributed by atoms with Gasteiger partial charge in [-0.25, -0.2) is 0 Å². The first-order chi connectivity index (χ1) is 8.27. The number of H-pyrrole nitrogens is 1. The van der Waals surface area contributed by atoms with E-state index in [0.717, 1.165) is 33.8 Å². The zero-order chi connectivity index (χ0) is 11.8. The normalized spacial score (nSPS) is 19.9. The molecule has 1 saturated heterocycles. The third-order valence-corrected chi connectivity index (χ3v) is 3.80. The van der Waals surface area contributed by atoms with Crippen molar-refractivity contribution in [1.82, 2.24) is 4.98 Å². The molecule has 0 spiro atoms. The fraction of sp³-hybridized carbons (Fsp3) is 0.308. The lowest BCUT2D eigenvalue weighted by molar-refractivity contribution is 0.0644. The van der Waals surface area contributed by atoms with Crippen LogP contribution in [0.5, 0.6) is 0 Å². The van der Waals surface area contributed by atoms with Crippen LogP contribution >= 0.6 is 15.9 Å². The Labute approximate surface area is 107 Å². The highest BCUT2D eigenvalue weighted by Gasteiger charge is 2.27. The number of carbonyl (C=O) groups excluding carboxylic acids is 1. The maximum absolute atomic E-state index is 12.3. The number of benzene rings is 1. The molecule has 0 saturated carbocycles. The number of aromatic amines is 1. The molecule has 1 unspecified atom stereocenters. The van der Waals surface area contributed by atoms with E-state index in [-0.39, 0.29) is 11.9 Å². The summed E-state index contributed by atoms with van der Waals surface area (Å²) in [5.41, 5.74) is 1.69. The summed E-state index contributed by atoms with van der Waals surface area (Å²) >= 11 is 3.49. The Kier molecular flexibility index (Phi) is 2.76. The highest BCUT2D eigenvalue weighted by atomic mass is 79.9. The van der Waals surface area contributed by atoms with E-state index in [1.54, 1.807) is 6.20 Å². The first kappa shape index (κ1) is 11.0. The van der Waals surface area contributed by atoms with Crippen molar-refractivity contribution >= 4 is 32.6 Å². The average Bonchev–Trinajstić information content (AvgIpc) is 2.98. The molecule has 1 aromatic heterocycles. The molecule has 1 aliphatic heterocycles. The molecule has 1 aromatic carbocycles. The van der Waals surface area contributed by atoms with Gasteiger partial charge in [0.05, 0.1) is 0 Å². The summed E-state index contributed by atoms with van der Waals surface area (Å²) in [4.78, 5) is 15.4. The van der Waals surface area contributed by atoms with Gasteiger partial charge in [-0.05, 0) is 25.0 Å². The van der Waals surface area contributed by atoms with Gasteiger partial charge in [-0.1, -0.05) is 22.0 Å². The van der Waals surface area contributed by atoms with Crippen LogP contribution in [0.3, 0.4) is 0 Å². The average molecular weight is 294 g/mol. The highest BCUT2D eigenvalue weighted by Crippen LogP contribution is 2.29. The summed E-state index contributed by atoms with van der Waals surface area (Å²) in [5, 5.41) is 0.952. The Hall–Kier alpha value is -1.13. The highest BCUT2D eigenvalue weighted by molar-refractivity contribution is 9.10. The van der Waals surface area contributed by atoms with Crippen LogP contribution in [0, 0.1) is 0 Å². The third kappa shape index (κ3) is 1.81. The van der Waals surface area contributed by atoms with E-state index in [1.807, 2.05) is 18.2 Å². The lowest BCUT2D eigenvalue weighted by Gasteiger charge is -2.07. The Morgan fingerprint density at radius 3 is 3.12 bits per heavy atom. The monoisotopic (exact) mass is 293 g/mol. The third-order valence-electron chi connectivity index (χ3n) is 3.14. The number of ether oxygens (including phenoxy) is 1. The van der Waals surface area contributed by atoms with Crippen LogP contribution < -0.4 is 0 Å². The molecule has 0 radical (unpaired) electrons. The van der Waals surface area contributed by atoms with Crippen molar-refractivity contribution in [2.45, 2.75) is 18.9 Å². The van der Waals surface area contributed by atoms with Crippen molar-refractivity contribution in [2.75, 3.05) is 6.61 Å². The molecule has 2 aromatic rings. The van der Waals surface area contributed by atoms with Gasteiger partial charge in [-0.15, -0.1) is 0 Å². The molecule has 0 aliphatic carbocycles. The van der Waals surface area contributed by atoms with Crippen LogP contribution in [-0.2, 0) is 4.74 Å². The van der Waals surface area contributed by atoms with Crippen LogP contribution in [0.4, 0.5) is 0 Å². The molecule has 1 N–H and O–H groups in total. The van der Waals surface area contributed by atoms with Gasteiger partial charge in [0, 0.05) is 33.7 Å². The number of halogens is 1. The van der Waals surface area contributed by atoms with Crippen molar-refractivity contribution in [1.29, 1.82) is 0 Å². The van der Waals surface area contributed by atoms with Crippen LogP contribution in [0.1, 0.15) is 23.2 Å². The molecule has 1 atom stereocenters. The summed E-state index contributed by atoms with van der Waals surface area (Å²) in [6.45, 7) is 0.694. The number of ketones is 1. The molecule has 0 bridgehead atoms. The van der Waals surface area contributed by atoms with Gasteiger partial charge in [0.2, 0.25) is 0 Å². The number of nitrogens with one attached hydrogen (secondary N) is 1. The number of hydrogen-bond acceptors (Lipinski definition) is 2. The number of aromatic nitrogens is 1. The molecular formula is C13H12BrNO2. The zero-order valence-corrected chi connectivity index (χ0v) is 10.8. The minimum atomic E-state index is -0.263. The number of Topliss-reactive ketones (excluding diaryl/α,β-unsaturated/α-hetero) is 1. The van der Waals surface area contributed by atoms with Crippen molar-refractivity contribution in [2.24, 2.45) is 0 Å². The van der Waals surface area contributed by atoms with Crippen LogP contribution in [0.25, 0.3) is 10.9 Å². The summed E-state index contributed by atoms with van der Waals surface area (Å²) in [7, 11) is 0. The number of carbonyl (C=O) groups is 1. The molecule has 2 heterocycles. The lowest BCUT2D eigenvalue weighted by atomic mass is 10.0. The predicted molar refractivity (Wildman–Crippen MR) is 69.3 cm³/mol. The van der Waals surface area contributed by atoms with Crippen LogP contribution in [0.2, 0.25) is 0 Å². The molecule has 3 rings (SSSR count). The molecule has 0 amide bonds. The lowest BCUT2D eigenvalue weighted by Crippen LogP contribution is -2.19. The summed E-state index contributed by atoms with van der Waals surface area (Å²) in [6, 6.07) is 5.86. The van der Waals surface area contributed by atoms with E-state index in [1.165, 1.54) is 0 Å². The molecule has 17 heavy (non-hydrogen) atoms. The zero-order valence-electron chi connectivity index (χ0n) is 9.20. The molecular weight excluding hydrogens is 282 g/mol. The minimum Gasteiger partial charge on any atom is -0.370 e. The van der Waals surface area contributed by atoms with E-state index >= 15 is 0 Å². The van der Waals surface area contributed by atoms with E-state index in [9.17, 15) is 4.79 Å². The summed E-state index contributed by atoms with van der Waals surface area (Å²) < 4.78 is 6.39. The second kappa shape index (κ2) is 4.27. The van der Waals surface area contributed by atoms with Gasteiger partial charge in [-0.3, -0.25) is 4.79 Å².